The van der Waals surface area contributed by atoms with Crippen molar-refractivity contribution >= 4 is 21.8 Å². The highest BCUT2D eigenvalue weighted by Crippen LogP contribution is 2.17. The average molecular weight is 320 g/mol. The van der Waals surface area contributed by atoms with Crippen molar-refractivity contribution < 1.29 is 23.1 Å². The number of carboxylic acid groups (broad SMARTS) is 1. The molecule has 1 heterocycles. The first-order valence-corrected chi connectivity index (χ1v) is 9.10. The maximum absolute atomic E-state index is 12.5. The summed E-state index contributed by atoms with van der Waals surface area (Å²) in [5.41, 5.74) is 0. The molecule has 0 radical (unpaired) electrons. The summed E-state index contributed by atoms with van der Waals surface area (Å²) >= 11 is 0. The lowest BCUT2D eigenvalue weighted by atomic mass is 10.2. The fraction of sp³-hybridized carbons (Fsp3) is 0.846. The Kier molecular flexibility index (Phi) is 6.44. The number of sulfone groups is 1. The van der Waals surface area contributed by atoms with E-state index in [0.29, 0.717) is 13.1 Å². The summed E-state index contributed by atoms with van der Waals surface area (Å²) in [5.74, 6) is -1.46. The zero-order valence-corrected chi connectivity index (χ0v) is 13.4. The predicted molar refractivity (Wildman–Crippen MR) is 79.0 cm³/mol. The molecule has 1 fully saturated rings. The Morgan fingerprint density at radius 2 is 2.00 bits per heavy atom. The summed E-state index contributed by atoms with van der Waals surface area (Å²) in [5, 5.41) is 8.93. The van der Waals surface area contributed by atoms with E-state index < -0.39 is 21.8 Å². The standard InChI is InChI=1S/C13H24N2O5S/c1-3-5-6-14(4-2)13(18)15-7-8-21(19,20)10-11(15)9-12(16)17/h11H,3-10H2,1-2H3,(H,16,17). The van der Waals surface area contributed by atoms with Gasteiger partial charge in [0.1, 0.15) is 0 Å². The second-order valence-corrected chi connectivity index (χ2v) is 7.50. The Balaban J connectivity index is 2.85. The molecule has 0 spiro atoms. The third kappa shape index (κ3) is 5.18. The summed E-state index contributed by atoms with van der Waals surface area (Å²) in [7, 11) is -3.27. The van der Waals surface area contributed by atoms with Crippen LogP contribution in [0.2, 0.25) is 0 Å². The van der Waals surface area contributed by atoms with E-state index in [1.807, 2.05) is 13.8 Å². The number of unbranched alkanes of at least 4 members (excludes halogenated alkanes) is 1. The van der Waals surface area contributed by atoms with Crippen LogP contribution >= 0.6 is 0 Å². The number of urea groups is 1. The van der Waals surface area contributed by atoms with E-state index >= 15 is 0 Å². The SMILES string of the molecule is CCCCN(CC)C(=O)N1CCS(=O)(=O)CC1CC(=O)O. The van der Waals surface area contributed by atoms with Crippen molar-refractivity contribution in [2.24, 2.45) is 0 Å². The molecular weight excluding hydrogens is 296 g/mol. The summed E-state index contributed by atoms with van der Waals surface area (Å²) in [4.78, 5) is 26.5. The van der Waals surface area contributed by atoms with Gasteiger partial charge in [-0.2, -0.15) is 0 Å². The van der Waals surface area contributed by atoms with Gasteiger partial charge in [-0.25, -0.2) is 13.2 Å². The van der Waals surface area contributed by atoms with Gasteiger partial charge >= 0.3 is 12.0 Å². The number of carboxylic acids is 1. The van der Waals surface area contributed by atoms with Gasteiger partial charge in [-0.1, -0.05) is 13.3 Å². The predicted octanol–water partition coefficient (Wildman–Crippen LogP) is 0.802. The summed E-state index contributed by atoms with van der Waals surface area (Å²) in [6.45, 7) is 5.10. The number of carbonyl (C=O) groups is 2. The smallest absolute Gasteiger partial charge is 0.320 e. The molecule has 1 N–H and O–H groups in total. The molecule has 0 aliphatic carbocycles. The van der Waals surface area contributed by atoms with Crippen molar-refractivity contribution in [3.05, 3.63) is 0 Å². The first kappa shape index (κ1) is 17.7. The van der Waals surface area contributed by atoms with E-state index in [1.165, 1.54) is 4.90 Å². The van der Waals surface area contributed by atoms with Crippen LogP contribution < -0.4 is 0 Å². The minimum Gasteiger partial charge on any atom is -0.481 e. The van der Waals surface area contributed by atoms with Gasteiger partial charge in [0.15, 0.2) is 9.84 Å². The van der Waals surface area contributed by atoms with E-state index in [-0.39, 0.29) is 30.5 Å². The number of rotatable bonds is 6. The van der Waals surface area contributed by atoms with Crippen molar-refractivity contribution in [2.45, 2.75) is 39.2 Å². The van der Waals surface area contributed by atoms with Gasteiger partial charge in [-0.15, -0.1) is 0 Å². The third-order valence-electron chi connectivity index (χ3n) is 3.62. The maximum Gasteiger partial charge on any atom is 0.320 e. The van der Waals surface area contributed by atoms with E-state index in [2.05, 4.69) is 0 Å². The van der Waals surface area contributed by atoms with Crippen LogP contribution in [-0.2, 0) is 14.6 Å². The highest BCUT2D eigenvalue weighted by Gasteiger charge is 2.36. The highest BCUT2D eigenvalue weighted by molar-refractivity contribution is 7.91. The minimum absolute atomic E-state index is 0.0712. The molecule has 0 aromatic carbocycles. The van der Waals surface area contributed by atoms with Gasteiger partial charge in [0.25, 0.3) is 0 Å². The number of amides is 2. The third-order valence-corrected chi connectivity index (χ3v) is 5.32. The Labute approximate surface area is 125 Å². The summed E-state index contributed by atoms with van der Waals surface area (Å²) < 4.78 is 23.4. The molecule has 8 heteroatoms. The van der Waals surface area contributed by atoms with Gasteiger partial charge in [0.2, 0.25) is 0 Å². The van der Waals surface area contributed by atoms with Gasteiger partial charge in [0.05, 0.1) is 24.0 Å². The lowest BCUT2D eigenvalue weighted by Crippen LogP contribution is -2.56. The molecule has 7 nitrogen and oxygen atoms in total. The molecule has 0 saturated carbocycles. The van der Waals surface area contributed by atoms with Crippen LogP contribution in [0.4, 0.5) is 4.79 Å². The average Bonchev–Trinajstić information content (AvgIpc) is 2.37. The van der Waals surface area contributed by atoms with E-state index in [4.69, 9.17) is 5.11 Å². The molecule has 0 bridgehead atoms. The van der Waals surface area contributed by atoms with Gasteiger partial charge in [0, 0.05) is 19.6 Å². The molecule has 21 heavy (non-hydrogen) atoms. The van der Waals surface area contributed by atoms with Crippen LogP contribution in [0.25, 0.3) is 0 Å². The molecule has 1 aliphatic rings. The molecule has 1 atom stereocenters. The fourth-order valence-electron chi connectivity index (χ4n) is 2.43. The van der Waals surface area contributed by atoms with Crippen molar-refractivity contribution in [1.29, 1.82) is 0 Å². The molecular formula is C13H24N2O5S. The van der Waals surface area contributed by atoms with Gasteiger partial charge < -0.3 is 14.9 Å². The van der Waals surface area contributed by atoms with E-state index in [9.17, 15) is 18.0 Å². The number of carbonyl (C=O) groups excluding carboxylic acids is 1. The Morgan fingerprint density at radius 1 is 1.33 bits per heavy atom. The molecule has 1 rings (SSSR count). The summed E-state index contributed by atoms with van der Waals surface area (Å²) in [6.07, 6.45) is 1.49. The molecule has 0 aromatic rings. The van der Waals surface area contributed by atoms with E-state index in [1.54, 1.807) is 4.90 Å². The second kappa shape index (κ2) is 7.63. The molecule has 1 unspecified atom stereocenters. The number of nitrogens with zero attached hydrogens (tertiary/aromatic N) is 2. The van der Waals surface area contributed by atoms with Crippen LogP contribution in [0.5, 0.6) is 0 Å². The first-order valence-electron chi connectivity index (χ1n) is 7.28. The largest absolute Gasteiger partial charge is 0.481 e. The lowest BCUT2D eigenvalue weighted by Gasteiger charge is -2.38. The normalized spacial score (nSPS) is 21.0. The molecule has 0 aromatic heterocycles. The molecule has 1 saturated heterocycles. The minimum atomic E-state index is -3.27. The van der Waals surface area contributed by atoms with Gasteiger partial charge in [-0.3, -0.25) is 4.79 Å². The topological polar surface area (TPSA) is 95.0 Å². The molecule has 1 aliphatic heterocycles. The van der Waals surface area contributed by atoms with Crippen LogP contribution in [0.15, 0.2) is 0 Å². The van der Waals surface area contributed by atoms with E-state index in [0.717, 1.165) is 12.8 Å². The zero-order valence-electron chi connectivity index (χ0n) is 12.6. The maximum atomic E-state index is 12.5. The van der Waals surface area contributed by atoms with Crippen molar-refractivity contribution in [3.8, 4) is 0 Å². The fourth-order valence-corrected chi connectivity index (χ4v) is 3.95. The van der Waals surface area contributed by atoms with Crippen molar-refractivity contribution in [1.82, 2.24) is 9.80 Å². The zero-order chi connectivity index (χ0) is 16.0. The quantitative estimate of drug-likeness (QED) is 0.781. The Hall–Kier alpha value is -1.31. The van der Waals surface area contributed by atoms with Crippen molar-refractivity contribution in [3.63, 3.8) is 0 Å². The number of hydrogen-bond acceptors (Lipinski definition) is 4. The second-order valence-electron chi connectivity index (χ2n) is 5.28. The van der Waals surface area contributed by atoms with Crippen LogP contribution in [-0.4, -0.2) is 72.5 Å². The monoisotopic (exact) mass is 320 g/mol. The number of aliphatic carboxylic acids is 1. The van der Waals surface area contributed by atoms with Crippen LogP contribution in [0.3, 0.4) is 0 Å². The number of hydrogen-bond donors (Lipinski definition) is 1. The lowest BCUT2D eigenvalue weighted by molar-refractivity contribution is -0.138. The summed E-state index contributed by atoms with van der Waals surface area (Å²) in [6, 6.07) is -1.03. The molecule has 122 valence electrons. The van der Waals surface area contributed by atoms with Gasteiger partial charge in [-0.05, 0) is 13.3 Å². The molecule has 2 amide bonds. The Bertz CT molecular complexity index is 477. The highest BCUT2D eigenvalue weighted by atomic mass is 32.2. The Morgan fingerprint density at radius 3 is 2.52 bits per heavy atom. The first-order chi connectivity index (χ1) is 9.80. The van der Waals surface area contributed by atoms with Crippen molar-refractivity contribution in [2.75, 3.05) is 31.1 Å². The van der Waals surface area contributed by atoms with Crippen LogP contribution in [0.1, 0.15) is 33.1 Å². The van der Waals surface area contributed by atoms with Crippen LogP contribution in [0, 0.1) is 0 Å².